The highest BCUT2D eigenvalue weighted by Crippen LogP contribution is 2.25. The van der Waals surface area contributed by atoms with E-state index >= 15 is 0 Å². The van der Waals surface area contributed by atoms with Crippen molar-refractivity contribution in [3.63, 3.8) is 0 Å². The van der Waals surface area contributed by atoms with Crippen molar-refractivity contribution in [1.82, 2.24) is 14.9 Å². The van der Waals surface area contributed by atoms with Gasteiger partial charge in [-0.15, -0.1) is 5.10 Å². The first-order valence-electron chi connectivity index (χ1n) is 6.14. The quantitative estimate of drug-likeness (QED) is 0.468. The lowest BCUT2D eigenvalue weighted by Crippen LogP contribution is -2.27. The van der Waals surface area contributed by atoms with Gasteiger partial charge in [-0.25, -0.2) is 0 Å². The van der Waals surface area contributed by atoms with Crippen molar-refractivity contribution < 1.29 is 4.79 Å². The minimum Gasteiger partial charge on any atom is -0.351 e. The highest BCUT2D eigenvalue weighted by Gasteiger charge is 2.25. The van der Waals surface area contributed by atoms with Crippen LogP contribution in [0.15, 0.2) is 0 Å². The largest absolute Gasteiger partial charge is 0.351 e. The fourth-order valence-corrected chi connectivity index (χ4v) is 2.84. The summed E-state index contributed by atoms with van der Waals surface area (Å²) >= 11 is 3.55. The van der Waals surface area contributed by atoms with Crippen molar-refractivity contribution in [3.8, 4) is 0 Å². The van der Waals surface area contributed by atoms with Gasteiger partial charge in [0.05, 0.1) is 5.69 Å². The van der Waals surface area contributed by atoms with E-state index in [-0.39, 0.29) is 11.3 Å². The highest BCUT2D eigenvalue weighted by atomic mass is 127. The number of hydrogen-bond acceptors (Lipinski definition) is 4. The molecule has 1 aromatic heterocycles. The van der Waals surface area contributed by atoms with Crippen molar-refractivity contribution in [1.29, 1.82) is 0 Å². The number of carbonyl (C=O) groups is 1. The average Bonchev–Trinajstić information content (AvgIpc) is 2.77. The van der Waals surface area contributed by atoms with Gasteiger partial charge >= 0.3 is 0 Å². The second-order valence-electron chi connectivity index (χ2n) is 5.21. The third-order valence-corrected chi connectivity index (χ3v) is 3.99. The number of nitrogens with zero attached hydrogens (tertiary/aromatic N) is 2. The Morgan fingerprint density at radius 1 is 1.33 bits per heavy atom. The molecule has 1 rings (SSSR count). The summed E-state index contributed by atoms with van der Waals surface area (Å²) in [6.45, 7) is 6.86. The lowest BCUT2D eigenvalue weighted by Gasteiger charge is -2.16. The molecule has 0 atom stereocenters. The summed E-state index contributed by atoms with van der Waals surface area (Å²) in [5.41, 5.74) is 0.651. The van der Waals surface area contributed by atoms with Crippen molar-refractivity contribution >= 4 is 40.0 Å². The van der Waals surface area contributed by atoms with Crippen molar-refractivity contribution in [3.05, 3.63) is 10.6 Å². The molecular formula is C12H20IN3OS. The van der Waals surface area contributed by atoms with Crippen LogP contribution in [0, 0.1) is 0 Å². The molecule has 0 bridgehead atoms. The van der Waals surface area contributed by atoms with E-state index in [1.54, 1.807) is 0 Å². The Morgan fingerprint density at radius 2 is 2.06 bits per heavy atom. The molecule has 1 aromatic rings. The normalized spacial score (nSPS) is 11.6. The van der Waals surface area contributed by atoms with E-state index in [0.717, 1.165) is 25.1 Å². The molecule has 6 heteroatoms. The maximum absolute atomic E-state index is 12.0. The molecule has 0 radical (unpaired) electrons. The van der Waals surface area contributed by atoms with Crippen LogP contribution in [0.5, 0.6) is 0 Å². The molecule has 102 valence electrons. The summed E-state index contributed by atoms with van der Waals surface area (Å²) in [5.74, 6) is -0.0376. The van der Waals surface area contributed by atoms with Crippen LogP contribution in [-0.2, 0) is 5.41 Å². The number of aromatic nitrogens is 2. The van der Waals surface area contributed by atoms with E-state index in [1.165, 1.54) is 22.4 Å². The van der Waals surface area contributed by atoms with Gasteiger partial charge in [0.25, 0.3) is 5.91 Å². The Labute approximate surface area is 126 Å². The smallest absolute Gasteiger partial charge is 0.264 e. The van der Waals surface area contributed by atoms with Crippen LogP contribution in [0.1, 0.15) is 55.4 Å². The fraction of sp³-hybridized carbons (Fsp3) is 0.750. The summed E-state index contributed by atoms with van der Waals surface area (Å²) in [6.07, 6.45) is 3.41. The van der Waals surface area contributed by atoms with Crippen molar-refractivity contribution in [2.75, 3.05) is 11.0 Å². The van der Waals surface area contributed by atoms with E-state index in [9.17, 15) is 4.79 Å². The topological polar surface area (TPSA) is 54.9 Å². The highest BCUT2D eigenvalue weighted by molar-refractivity contribution is 14.1. The lowest BCUT2D eigenvalue weighted by molar-refractivity contribution is 0.0954. The number of halogens is 1. The first kappa shape index (κ1) is 15.8. The molecule has 0 aliphatic carbocycles. The van der Waals surface area contributed by atoms with Gasteiger partial charge in [0, 0.05) is 12.0 Å². The average molecular weight is 381 g/mol. The molecule has 0 aromatic carbocycles. The molecule has 0 unspecified atom stereocenters. The zero-order chi connectivity index (χ0) is 13.6. The maximum Gasteiger partial charge on any atom is 0.264 e. The second-order valence-corrected chi connectivity index (χ2v) is 7.04. The molecular weight excluding hydrogens is 361 g/mol. The zero-order valence-electron chi connectivity index (χ0n) is 11.1. The number of nitrogens with one attached hydrogen (secondary N) is 1. The number of hydrogen-bond donors (Lipinski definition) is 1. The standard InChI is InChI=1S/C12H20IN3OS/c1-12(2,3)10-9(18-16-15-10)11(17)14-8-6-4-5-7-13/h4-8H2,1-3H3,(H,14,17). The molecule has 0 fully saturated rings. The molecule has 1 N–H and O–H groups in total. The molecule has 1 amide bonds. The summed E-state index contributed by atoms with van der Waals surface area (Å²) in [7, 11) is 0. The summed E-state index contributed by atoms with van der Waals surface area (Å²) in [5, 5.41) is 7.02. The van der Waals surface area contributed by atoms with Crippen LogP contribution >= 0.6 is 34.1 Å². The van der Waals surface area contributed by atoms with Gasteiger partial charge in [0.15, 0.2) is 0 Å². The van der Waals surface area contributed by atoms with Gasteiger partial charge in [0.2, 0.25) is 0 Å². The van der Waals surface area contributed by atoms with E-state index in [0.29, 0.717) is 4.88 Å². The van der Waals surface area contributed by atoms with Crippen LogP contribution in [0.25, 0.3) is 0 Å². The molecule has 18 heavy (non-hydrogen) atoms. The fourth-order valence-electron chi connectivity index (χ4n) is 1.51. The summed E-state index contributed by atoms with van der Waals surface area (Å²) in [4.78, 5) is 12.7. The van der Waals surface area contributed by atoms with Gasteiger partial charge in [-0.05, 0) is 28.8 Å². The van der Waals surface area contributed by atoms with Gasteiger partial charge in [-0.2, -0.15) is 0 Å². The number of rotatable bonds is 6. The molecule has 0 spiro atoms. The minimum absolute atomic E-state index is 0.0376. The molecule has 0 saturated carbocycles. The Kier molecular flexibility index (Phi) is 6.48. The molecule has 0 saturated heterocycles. The van der Waals surface area contributed by atoms with Crippen LogP contribution in [-0.4, -0.2) is 26.5 Å². The Morgan fingerprint density at radius 3 is 2.67 bits per heavy atom. The number of amides is 1. The van der Waals surface area contributed by atoms with Gasteiger partial charge in [-0.3, -0.25) is 4.79 Å². The van der Waals surface area contributed by atoms with Crippen molar-refractivity contribution in [2.45, 2.75) is 45.4 Å². The molecule has 4 nitrogen and oxygen atoms in total. The van der Waals surface area contributed by atoms with Gasteiger partial charge in [0.1, 0.15) is 4.88 Å². The van der Waals surface area contributed by atoms with Gasteiger partial charge in [-0.1, -0.05) is 54.3 Å². The molecule has 0 aliphatic heterocycles. The number of alkyl halides is 1. The monoisotopic (exact) mass is 381 g/mol. The Balaban J connectivity index is 2.50. The van der Waals surface area contributed by atoms with E-state index in [2.05, 4.69) is 37.5 Å². The molecule has 0 aliphatic rings. The zero-order valence-corrected chi connectivity index (χ0v) is 14.1. The van der Waals surface area contributed by atoms with E-state index < -0.39 is 0 Å². The first-order chi connectivity index (χ1) is 8.46. The van der Waals surface area contributed by atoms with Gasteiger partial charge < -0.3 is 5.32 Å². The van der Waals surface area contributed by atoms with Crippen LogP contribution in [0.3, 0.4) is 0 Å². The Bertz CT molecular complexity index is 387. The number of unbranched alkanes of at least 4 members (excludes halogenated alkanes) is 2. The third kappa shape index (κ3) is 4.79. The maximum atomic E-state index is 12.0. The SMILES string of the molecule is CC(C)(C)c1nnsc1C(=O)NCCCCCI. The minimum atomic E-state index is -0.138. The first-order valence-corrected chi connectivity index (χ1v) is 8.43. The van der Waals surface area contributed by atoms with E-state index in [4.69, 9.17) is 0 Å². The van der Waals surface area contributed by atoms with Crippen LogP contribution in [0.2, 0.25) is 0 Å². The third-order valence-electron chi connectivity index (χ3n) is 2.50. The predicted octanol–water partition coefficient (Wildman–Crippen LogP) is 3.17. The number of carbonyl (C=O) groups excluding carboxylic acids is 1. The summed E-state index contributed by atoms with van der Waals surface area (Å²) < 4.78 is 5.08. The predicted molar refractivity (Wildman–Crippen MR) is 83.7 cm³/mol. The van der Waals surface area contributed by atoms with E-state index in [1.807, 2.05) is 20.8 Å². The van der Waals surface area contributed by atoms with Crippen LogP contribution < -0.4 is 5.32 Å². The summed E-state index contributed by atoms with van der Waals surface area (Å²) in [6, 6.07) is 0. The van der Waals surface area contributed by atoms with Crippen LogP contribution in [0.4, 0.5) is 0 Å². The second kappa shape index (κ2) is 7.37. The lowest BCUT2D eigenvalue weighted by atomic mass is 9.91. The molecule has 1 heterocycles. The van der Waals surface area contributed by atoms with Crippen molar-refractivity contribution in [2.24, 2.45) is 0 Å². The Hall–Kier alpha value is -0.240.